The van der Waals surface area contributed by atoms with Gasteiger partial charge in [-0.3, -0.25) is 0 Å². The Bertz CT molecular complexity index is 566. The minimum Gasteiger partial charge on any atom is -0.349 e. The first-order chi connectivity index (χ1) is 10.5. The summed E-state index contributed by atoms with van der Waals surface area (Å²) in [5, 5.41) is 0. The Balaban J connectivity index is 1.87. The first-order valence-corrected chi connectivity index (χ1v) is 7.76. The molecule has 1 aromatic heterocycles. The molecule has 0 spiro atoms. The monoisotopic (exact) mass is 309 g/mol. The van der Waals surface area contributed by atoms with Crippen LogP contribution in [0.15, 0.2) is 24.9 Å². The van der Waals surface area contributed by atoms with Crippen molar-refractivity contribution < 1.29 is 18.3 Å². The largest absolute Gasteiger partial charge is 0.349 e. The van der Waals surface area contributed by atoms with Gasteiger partial charge >= 0.3 is 0 Å². The molecule has 1 saturated heterocycles. The highest BCUT2D eigenvalue weighted by atomic mass is 19.1. The summed E-state index contributed by atoms with van der Waals surface area (Å²) in [6, 6.07) is 1.14. The van der Waals surface area contributed by atoms with E-state index >= 15 is 0 Å². The lowest BCUT2D eigenvalue weighted by Crippen LogP contribution is -2.43. The molecule has 2 heterocycles. The van der Waals surface area contributed by atoms with E-state index in [2.05, 4.69) is 11.6 Å². The maximum Gasteiger partial charge on any atom is 0.218 e. The molecule has 120 valence electrons. The molecule has 2 aliphatic rings. The van der Waals surface area contributed by atoms with E-state index in [0.717, 1.165) is 44.4 Å². The topological polar surface area (TPSA) is 31.4 Å². The van der Waals surface area contributed by atoms with E-state index in [-0.39, 0.29) is 11.0 Å². The van der Waals surface area contributed by atoms with Gasteiger partial charge < -0.3 is 9.47 Å². The van der Waals surface area contributed by atoms with E-state index in [1.165, 1.54) is 0 Å². The minimum absolute atomic E-state index is 0.0970. The fourth-order valence-corrected chi connectivity index (χ4v) is 3.99. The zero-order valence-corrected chi connectivity index (χ0v) is 12.8. The normalized spacial score (nSPS) is 32.0. The summed E-state index contributed by atoms with van der Waals surface area (Å²) in [6.07, 6.45) is 6.65. The lowest BCUT2D eigenvalue weighted by Gasteiger charge is -2.40. The number of rotatable bonds is 5. The Labute approximate surface area is 129 Å². The van der Waals surface area contributed by atoms with Crippen molar-refractivity contribution in [1.82, 2.24) is 4.98 Å². The molecule has 22 heavy (non-hydrogen) atoms. The first kappa shape index (κ1) is 15.6. The third kappa shape index (κ3) is 2.36. The van der Waals surface area contributed by atoms with Crippen LogP contribution in [0.25, 0.3) is 0 Å². The van der Waals surface area contributed by atoms with E-state index in [4.69, 9.17) is 9.47 Å². The number of ether oxygens (including phenoxy) is 2. The first-order valence-electron chi connectivity index (χ1n) is 7.76. The third-order valence-corrected chi connectivity index (χ3v) is 5.06. The van der Waals surface area contributed by atoms with E-state index < -0.39 is 23.7 Å². The Hall–Kier alpha value is -1.33. The Morgan fingerprint density at radius 3 is 3.05 bits per heavy atom. The van der Waals surface area contributed by atoms with Crippen molar-refractivity contribution in [2.75, 3.05) is 6.61 Å². The molecule has 1 aliphatic heterocycles. The minimum atomic E-state index is -0.723. The highest BCUT2D eigenvalue weighted by molar-refractivity contribution is 5.16. The summed E-state index contributed by atoms with van der Waals surface area (Å²) < 4.78 is 39.4. The molecular formula is C17H21F2NO2. The molecule has 2 fully saturated rings. The molecule has 0 N–H and O–H groups in total. The number of allylic oxidation sites excluding steroid dienone is 1. The van der Waals surface area contributed by atoms with Gasteiger partial charge in [0.1, 0.15) is 5.82 Å². The van der Waals surface area contributed by atoms with Crippen LogP contribution in [-0.4, -0.2) is 17.4 Å². The molecule has 3 nitrogen and oxygen atoms in total. The van der Waals surface area contributed by atoms with Crippen LogP contribution in [0, 0.1) is 17.2 Å². The summed E-state index contributed by atoms with van der Waals surface area (Å²) >= 11 is 0. The molecule has 0 amide bonds. The lowest BCUT2D eigenvalue weighted by molar-refractivity contribution is -0.268. The number of nitrogens with zero attached hydrogens (tertiary/aromatic N) is 1. The van der Waals surface area contributed by atoms with Gasteiger partial charge in [0.15, 0.2) is 5.79 Å². The zero-order chi connectivity index (χ0) is 15.8. The number of hydrogen-bond acceptors (Lipinski definition) is 3. The zero-order valence-electron chi connectivity index (χ0n) is 12.8. The van der Waals surface area contributed by atoms with Crippen molar-refractivity contribution in [2.24, 2.45) is 5.41 Å². The number of pyridine rings is 1. The average Bonchev–Trinajstić information content (AvgIpc) is 2.96. The van der Waals surface area contributed by atoms with E-state index in [9.17, 15) is 8.78 Å². The number of hydrogen-bond donors (Lipinski definition) is 0. The van der Waals surface area contributed by atoms with Gasteiger partial charge in [-0.2, -0.15) is 4.39 Å². The van der Waals surface area contributed by atoms with Crippen LogP contribution < -0.4 is 0 Å². The third-order valence-electron chi connectivity index (χ3n) is 5.06. The van der Waals surface area contributed by atoms with Gasteiger partial charge in [-0.1, -0.05) is 6.08 Å². The molecule has 3 rings (SSSR count). The van der Waals surface area contributed by atoms with Gasteiger partial charge in [-0.15, -0.1) is 6.58 Å². The predicted octanol–water partition coefficient (Wildman–Crippen LogP) is 4.30. The fourth-order valence-electron chi connectivity index (χ4n) is 3.99. The van der Waals surface area contributed by atoms with Crippen LogP contribution in [0.4, 0.5) is 8.78 Å². The van der Waals surface area contributed by atoms with Crippen LogP contribution in [0.2, 0.25) is 0 Å². The second kappa shape index (κ2) is 5.70. The number of fused-ring (bicyclic) bond motifs is 1. The summed E-state index contributed by atoms with van der Waals surface area (Å²) in [5.74, 6) is -1.99. The highest BCUT2D eigenvalue weighted by Gasteiger charge is 2.60. The van der Waals surface area contributed by atoms with Gasteiger partial charge in [0.2, 0.25) is 5.95 Å². The van der Waals surface area contributed by atoms with Gasteiger partial charge in [0.25, 0.3) is 0 Å². The highest BCUT2D eigenvalue weighted by Crippen LogP contribution is 2.59. The molecule has 1 saturated carbocycles. The summed E-state index contributed by atoms with van der Waals surface area (Å²) in [6.45, 7) is 6.19. The van der Waals surface area contributed by atoms with Crippen molar-refractivity contribution in [3.05, 3.63) is 42.2 Å². The molecule has 5 heteroatoms. The molecule has 3 atom stereocenters. The Morgan fingerprint density at radius 1 is 1.45 bits per heavy atom. The summed E-state index contributed by atoms with van der Waals surface area (Å²) in [5.41, 5.74) is 0.0320. The molecule has 1 aromatic rings. The van der Waals surface area contributed by atoms with Crippen molar-refractivity contribution in [2.45, 2.75) is 50.9 Å². The molecule has 2 unspecified atom stereocenters. The number of halogens is 2. The second-order valence-corrected chi connectivity index (χ2v) is 6.27. The lowest BCUT2D eigenvalue weighted by atomic mass is 9.77. The molecule has 0 radical (unpaired) electrons. The van der Waals surface area contributed by atoms with Crippen molar-refractivity contribution in [1.29, 1.82) is 0 Å². The van der Waals surface area contributed by atoms with Gasteiger partial charge in [-0.05, 0) is 38.7 Å². The number of aromatic nitrogens is 1. The maximum atomic E-state index is 13.9. The van der Waals surface area contributed by atoms with Gasteiger partial charge in [0.05, 0.1) is 18.9 Å². The standard InChI is InChI=1S/C17H21F2NO2/c1-3-5-16-6-4-7-17(16,21-9-8-16)22-12(2)14-10-13(18)11-20-15(14)19/h3,10-12H,1,4-9H2,2H3/t12?,16-,17?/m1/s1. The maximum absolute atomic E-state index is 13.9. The van der Waals surface area contributed by atoms with Crippen molar-refractivity contribution >= 4 is 0 Å². The summed E-state index contributed by atoms with van der Waals surface area (Å²) in [4.78, 5) is 3.43. The van der Waals surface area contributed by atoms with Crippen molar-refractivity contribution in [3.63, 3.8) is 0 Å². The summed E-state index contributed by atoms with van der Waals surface area (Å²) in [7, 11) is 0. The Morgan fingerprint density at radius 2 is 2.27 bits per heavy atom. The van der Waals surface area contributed by atoms with Crippen LogP contribution in [0.1, 0.15) is 50.7 Å². The molecule has 0 bridgehead atoms. The van der Waals surface area contributed by atoms with Crippen LogP contribution >= 0.6 is 0 Å². The average molecular weight is 309 g/mol. The van der Waals surface area contributed by atoms with Gasteiger partial charge in [-0.25, -0.2) is 9.37 Å². The molecule has 0 aromatic carbocycles. The van der Waals surface area contributed by atoms with Crippen molar-refractivity contribution in [3.8, 4) is 0 Å². The fraction of sp³-hybridized carbons (Fsp3) is 0.588. The SMILES string of the molecule is C=CC[C@]12CCCC1(OC(C)c1cc(F)cnc1F)OCC2. The van der Waals surface area contributed by atoms with E-state index in [0.29, 0.717) is 6.61 Å². The second-order valence-electron chi connectivity index (χ2n) is 6.27. The quantitative estimate of drug-likeness (QED) is 0.600. The van der Waals surface area contributed by atoms with Crippen LogP contribution in [0.3, 0.4) is 0 Å². The van der Waals surface area contributed by atoms with Gasteiger partial charge in [0, 0.05) is 17.4 Å². The van der Waals surface area contributed by atoms with Crippen LogP contribution in [0.5, 0.6) is 0 Å². The molecule has 1 aliphatic carbocycles. The van der Waals surface area contributed by atoms with Crippen LogP contribution in [-0.2, 0) is 9.47 Å². The predicted molar refractivity (Wildman–Crippen MR) is 78.1 cm³/mol. The van der Waals surface area contributed by atoms with E-state index in [1.807, 2.05) is 6.08 Å². The molecular weight excluding hydrogens is 288 g/mol. The van der Waals surface area contributed by atoms with E-state index in [1.54, 1.807) is 6.92 Å². The smallest absolute Gasteiger partial charge is 0.218 e. The Kier molecular flexibility index (Phi) is 4.03.